The van der Waals surface area contributed by atoms with Gasteiger partial charge < -0.3 is 20.3 Å². The van der Waals surface area contributed by atoms with E-state index in [1.165, 1.54) is 87.4 Å². The number of carbonyl (C=O) groups excluding carboxylic acids is 4. The van der Waals surface area contributed by atoms with Crippen LogP contribution in [0.15, 0.2) is 84.9 Å². The van der Waals surface area contributed by atoms with Crippen molar-refractivity contribution in [3.63, 3.8) is 0 Å². The Bertz CT molecular complexity index is 2290. The summed E-state index contributed by atoms with van der Waals surface area (Å²) in [6.45, 7) is -0.732. The van der Waals surface area contributed by atoms with Crippen LogP contribution >= 0.6 is 0 Å². The zero-order valence-electron chi connectivity index (χ0n) is 32.2. The Morgan fingerprint density at radius 1 is 0.617 bits per heavy atom. The second kappa shape index (κ2) is 19.5. The fourth-order valence-electron chi connectivity index (χ4n) is 6.20. The number of amides is 4. The predicted molar refractivity (Wildman–Crippen MR) is 214 cm³/mol. The molecule has 0 radical (unpaired) electrons. The van der Waals surface area contributed by atoms with Crippen molar-refractivity contribution in [3.05, 3.63) is 130 Å². The fourth-order valence-corrected chi connectivity index (χ4v) is 8.61. The third-order valence-electron chi connectivity index (χ3n) is 9.62. The van der Waals surface area contributed by atoms with Gasteiger partial charge in [0.1, 0.15) is 23.3 Å². The number of esters is 1. The molecule has 4 aromatic rings. The summed E-state index contributed by atoms with van der Waals surface area (Å²) >= 11 is 0. The molecule has 0 aromatic heterocycles. The molecule has 0 aliphatic carbocycles. The van der Waals surface area contributed by atoms with Gasteiger partial charge in [0, 0.05) is 54.2 Å². The minimum atomic E-state index is -3.20. The summed E-state index contributed by atoms with van der Waals surface area (Å²) in [7, 11) is -5.23. The number of ether oxygens (including phenoxy) is 1. The highest BCUT2D eigenvalue weighted by Gasteiger charge is 2.31. The monoisotopic (exact) mass is 875 g/mol. The number of urea groups is 2. The highest BCUT2D eigenvalue weighted by atomic mass is 32.2. The first-order chi connectivity index (χ1) is 28.4. The first kappa shape index (κ1) is 45.2. The van der Waals surface area contributed by atoms with Crippen molar-refractivity contribution in [1.29, 1.82) is 0 Å². The SMILES string of the molecule is COC(=O)c1ccc(CN(C(=O)N2CCS(=O)(=O)CC2)c2cccc(F)c2)c(F)c1.NCC(=O)c1ccc(CN(C(=O)N2CCS(=O)(=O)CC2)c2cccc(F)c2)c(F)c1. The number of hydrogen-bond donors (Lipinski definition) is 1. The van der Waals surface area contributed by atoms with Crippen molar-refractivity contribution in [2.45, 2.75) is 13.1 Å². The number of anilines is 2. The van der Waals surface area contributed by atoms with Crippen LogP contribution in [0.5, 0.6) is 0 Å². The zero-order valence-corrected chi connectivity index (χ0v) is 33.9. The number of hydrogen-bond acceptors (Lipinski definition) is 10. The molecule has 320 valence electrons. The van der Waals surface area contributed by atoms with E-state index in [1.807, 2.05) is 0 Å². The molecule has 0 spiro atoms. The molecule has 60 heavy (non-hydrogen) atoms. The van der Waals surface area contributed by atoms with Gasteiger partial charge in [-0.2, -0.15) is 0 Å². The highest BCUT2D eigenvalue weighted by Crippen LogP contribution is 2.25. The van der Waals surface area contributed by atoms with Crippen LogP contribution in [0.1, 0.15) is 31.8 Å². The quantitative estimate of drug-likeness (QED) is 0.142. The maximum atomic E-state index is 14.6. The van der Waals surface area contributed by atoms with Crippen molar-refractivity contribution in [2.75, 3.05) is 72.6 Å². The first-order valence-corrected chi connectivity index (χ1v) is 22.0. The lowest BCUT2D eigenvalue weighted by atomic mass is 10.1. The van der Waals surface area contributed by atoms with Gasteiger partial charge in [0.05, 0.1) is 55.3 Å². The second-order valence-corrected chi connectivity index (χ2v) is 18.3. The number of rotatable bonds is 9. The highest BCUT2D eigenvalue weighted by molar-refractivity contribution is 7.91. The fraction of sp³-hybridized carbons (Fsp3) is 0.300. The molecule has 6 rings (SSSR count). The number of carbonyl (C=O) groups is 4. The van der Waals surface area contributed by atoms with E-state index >= 15 is 0 Å². The number of nitrogens with zero attached hydrogens (tertiary/aromatic N) is 4. The molecule has 2 aliphatic heterocycles. The predicted octanol–water partition coefficient (Wildman–Crippen LogP) is 4.57. The van der Waals surface area contributed by atoms with Gasteiger partial charge in [0.15, 0.2) is 25.5 Å². The third-order valence-corrected chi connectivity index (χ3v) is 12.8. The maximum absolute atomic E-state index is 14.6. The Labute approximate surface area is 343 Å². The van der Waals surface area contributed by atoms with E-state index in [0.29, 0.717) is 0 Å². The molecule has 0 unspecified atom stereocenters. The third kappa shape index (κ3) is 11.7. The summed E-state index contributed by atoms with van der Waals surface area (Å²) in [6.07, 6.45) is 0. The molecule has 0 saturated carbocycles. The van der Waals surface area contributed by atoms with E-state index in [-0.39, 0.29) is 102 Å². The number of methoxy groups -OCH3 is 1. The average Bonchev–Trinajstić information content (AvgIpc) is 3.22. The average molecular weight is 876 g/mol. The molecule has 2 aliphatic rings. The van der Waals surface area contributed by atoms with Crippen LogP contribution in [0.25, 0.3) is 0 Å². The zero-order chi connectivity index (χ0) is 43.8. The number of nitrogens with two attached hydrogens (primary N) is 1. The van der Waals surface area contributed by atoms with Gasteiger partial charge in [-0.1, -0.05) is 30.3 Å². The molecule has 20 heteroatoms. The smallest absolute Gasteiger partial charge is 0.337 e. The van der Waals surface area contributed by atoms with E-state index < -0.39 is 66.8 Å². The van der Waals surface area contributed by atoms with Crippen molar-refractivity contribution >= 4 is 54.9 Å². The molecule has 14 nitrogen and oxygen atoms in total. The second-order valence-electron chi connectivity index (χ2n) is 13.7. The molecule has 0 atom stereocenters. The lowest BCUT2D eigenvalue weighted by Gasteiger charge is -2.33. The molecule has 2 heterocycles. The largest absolute Gasteiger partial charge is 0.465 e. The molecule has 0 bridgehead atoms. The van der Waals surface area contributed by atoms with Crippen LogP contribution in [-0.2, 0) is 37.5 Å². The summed E-state index contributed by atoms with van der Waals surface area (Å²) in [5, 5.41) is 0. The normalized spacial score (nSPS) is 15.6. The Morgan fingerprint density at radius 3 is 1.38 bits per heavy atom. The number of ketones is 1. The van der Waals surface area contributed by atoms with Crippen molar-refractivity contribution in [3.8, 4) is 0 Å². The topological polar surface area (TPSA) is 185 Å². The summed E-state index contributed by atoms with van der Waals surface area (Å²) in [6, 6.07) is 17.0. The van der Waals surface area contributed by atoms with E-state index in [9.17, 15) is 53.6 Å². The maximum Gasteiger partial charge on any atom is 0.337 e. The van der Waals surface area contributed by atoms with Crippen LogP contribution in [0.4, 0.5) is 38.5 Å². The Morgan fingerprint density at radius 2 is 1.02 bits per heavy atom. The minimum Gasteiger partial charge on any atom is -0.465 e. The summed E-state index contributed by atoms with van der Waals surface area (Å²) in [5.41, 5.74) is 6.05. The van der Waals surface area contributed by atoms with E-state index in [1.54, 1.807) is 0 Å². The Hall–Kier alpha value is -5.86. The number of sulfone groups is 2. The van der Waals surface area contributed by atoms with E-state index in [0.717, 1.165) is 24.3 Å². The van der Waals surface area contributed by atoms with Crippen LogP contribution in [0.3, 0.4) is 0 Å². The van der Waals surface area contributed by atoms with Gasteiger partial charge in [0.25, 0.3) is 0 Å². The van der Waals surface area contributed by atoms with Gasteiger partial charge >= 0.3 is 18.0 Å². The standard InChI is InChI=1S/C20H21F2N3O4S.C20H20F2N2O5S/c21-16-2-1-3-17(11-16)25(20(27)24-6-8-30(28,29)9-7-24)13-15-5-4-14(10-18(15)22)19(26)12-23;1-29-19(25)14-5-6-15(18(22)11-14)13-24(17-4-2-3-16(21)12-17)20(26)23-7-9-30(27,28)10-8-23/h1-5,10-11H,6-9,12-13,23H2;2-6,11-12H,7-10,13H2,1H3. The lowest BCUT2D eigenvalue weighted by molar-refractivity contribution is 0.0599. The van der Waals surface area contributed by atoms with Crippen LogP contribution in [0.2, 0.25) is 0 Å². The summed E-state index contributed by atoms with van der Waals surface area (Å²) in [5.74, 6) is -4.38. The van der Waals surface area contributed by atoms with E-state index in [2.05, 4.69) is 4.74 Å². The van der Waals surface area contributed by atoms with Gasteiger partial charge in [-0.3, -0.25) is 14.6 Å². The summed E-state index contributed by atoms with van der Waals surface area (Å²) in [4.78, 5) is 54.5. The van der Waals surface area contributed by atoms with Gasteiger partial charge in [-0.15, -0.1) is 0 Å². The Kier molecular flexibility index (Phi) is 14.7. The van der Waals surface area contributed by atoms with Gasteiger partial charge in [-0.05, 0) is 54.6 Å². The molecule has 2 saturated heterocycles. The molecule has 4 amide bonds. The number of Topliss-reactive ketones (excluding diaryl/α,β-unsaturated/α-hetero) is 1. The van der Waals surface area contributed by atoms with Crippen molar-refractivity contribution < 1.29 is 58.3 Å². The lowest BCUT2D eigenvalue weighted by Crippen LogP contribution is -2.49. The van der Waals surface area contributed by atoms with Crippen LogP contribution < -0.4 is 15.5 Å². The first-order valence-electron chi connectivity index (χ1n) is 18.3. The molecule has 2 fully saturated rings. The van der Waals surface area contributed by atoms with E-state index in [4.69, 9.17) is 5.73 Å². The van der Waals surface area contributed by atoms with Gasteiger partial charge in [-0.25, -0.2) is 48.8 Å². The van der Waals surface area contributed by atoms with Crippen LogP contribution in [-0.4, -0.2) is 113 Å². The van der Waals surface area contributed by atoms with Crippen molar-refractivity contribution in [1.82, 2.24) is 9.80 Å². The summed E-state index contributed by atoms with van der Waals surface area (Å²) < 4.78 is 108. The van der Waals surface area contributed by atoms with Crippen molar-refractivity contribution in [2.24, 2.45) is 5.73 Å². The van der Waals surface area contributed by atoms with Gasteiger partial charge in [0.2, 0.25) is 0 Å². The molecule has 2 N–H and O–H groups in total. The minimum absolute atomic E-state index is 0.000591. The molecule has 4 aromatic carbocycles. The Balaban J connectivity index is 0.000000228. The number of halogens is 4. The molecular weight excluding hydrogens is 835 g/mol. The van der Waals surface area contributed by atoms with Crippen LogP contribution in [0, 0.1) is 23.3 Å². The number of benzene rings is 4. The molecular formula is C40H41F4N5O9S2.